The van der Waals surface area contributed by atoms with Crippen LogP contribution in [0.4, 0.5) is 0 Å². The number of aliphatic imine (C=N–C) groups is 1. The zero-order valence-electron chi connectivity index (χ0n) is 9.12. The summed E-state index contributed by atoms with van der Waals surface area (Å²) in [4.78, 5) is 16.0. The van der Waals surface area contributed by atoms with Crippen LogP contribution in [0.2, 0.25) is 0 Å². The largest absolute Gasteiger partial charge is 0.468 e. The van der Waals surface area contributed by atoms with Crippen molar-refractivity contribution in [3.8, 4) is 0 Å². The fourth-order valence-corrected chi connectivity index (χ4v) is 2.08. The molecule has 0 amide bonds. The van der Waals surface area contributed by atoms with E-state index in [-0.39, 0.29) is 5.97 Å². The molecule has 5 nitrogen and oxygen atoms in total. The van der Waals surface area contributed by atoms with Crippen LogP contribution in [0.3, 0.4) is 0 Å². The predicted molar refractivity (Wildman–Crippen MR) is 64.2 cm³/mol. The Hall–Kier alpha value is -2.30. The molecular weight excluding hydrogens is 218 g/mol. The van der Waals surface area contributed by atoms with Gasteiger partial charge in [-0.15, -0.1) is 0 Å². The van der Waals surface area contributed by atoms with Crippen LogP contribution in [0.1, 0.15) is 0 Å². The molecule has 17 heavy (non-hydrogen) atoms. The molecule has 1 unspecified atom stereocenters. The normalized spacial score (nSPS) is 27.9. The van der Waals surface area contributed by atoms with Gasteiger partial charge in [0.25, 0.3) is 0 Å². The maximum Gasteiger partial charge on any atom is 0.325 e. The number of esters is 1. The van der Waals surface area contributed by atoms with E-state index >= 15 is 0 Å². The van der Waals surface area contributed by atoms with Gasteiger partial charge in [0.05, 0.1) is 19.0 Å². The van der Waals surface area contributed by atoms with Crippen LogP contribution >= 0.6 is 0 Å². The monoisotopic (exact) mass is 227 g/mol. The highest BCUT2D eigenvalue weighted by molar-refractivity contribution is 6.27. The van der Waals surface area contributed by atoms with E-state index in [4.69, 9.17) is 4.74 Å². The van der Waals surface area contributed by atoms with Crippen LogP contribution < -0.4 is 0 Å². The zero-order chi connectivity index (χ0) is 11.9. The van der Waals surface area contributed by atoms with Gasteiger partial charge in [-0.25, -0.2) is 0 Å². The van der Waals surface area contributed by atoms with Gasteiger partial charge >= 0.3 is 5.97 Å². The number of nitrogens with zero attached hydrogens (tertiary/aromatic N) is 3. The van der Waals surface area contributed by atoms with E-state index in [0.717, 1.165) is 16.9 Å². The third-order valence-electron chi connectivity index (χ3n) is 2.95. The molecule has 0 saturated carbocycles. The highest BCUT2D eigenvalue weighted by atomic mass is 16.5. The summed E-state index contributed by atoms with van der Waals surface area (Å²) >= 11 is 0. The van der Waals surface area contributed by atoms with Gasteiger partial charge in [-0.05, 0) is 23.8 Å². The summed E-state index contributed by atoms with van der Waals surface area (Å²) in [5, 5.41) is 7.81. The molecule has 2 aliphatic heterocycles. The Labute approximate surface area is 97.6 Å². The maximum atomic E-state index is 12.0. The van der Waals surface area contributed by atoms with Gasteiger partial charge < -0.3 is 4.74 Å². The first-order valence-electron chi connectivity index (χ1n) is 5.12. The number of hydrogen-bond acceptors (Lipinski definition) is 5. The molecule has 0 radical (unpaired) electrons. The molecule has 0 bridgehead atoms. The van der Waals surface area contributed by atoms with E-state index < -0.39 is 5.41 Å². The number of allylic oxidation sites excluding steroid dienone is 3. The number of methoxy groups -OCH3 is 1. The number of carbonyl (C=O) groups is 1. The first-order chi connectivity index (χ1) is 8.26. The molecular formula is C12H9N3O2. The summed E-state index contributed by atoms with van der Waals surface area (Å²) in [6, 6.07) is 0. The van der Waals surface area contributed by atoms with Crippen molar-refractivity contribution in [2.45, 2.75) is 0 Å². The van der Waals surface area contributed by atoms with E-state index in [9.17, 15) is 4.79 Å². The van der Waals surface area contributed by atoms with Gasteiger partial charge in [0.15, 0.2) is 0 Å². The third kappa shape index (κ3) is 1.25. The van der Waals surface area contributed by atoms with Gasteiger partial charge in [-0.1, -0.05) is 0 Å². The van der Waals surface area contributed by atoms with E-state index in [1.54, 1.807) is 30.8 Å². The number of rotatable bonds is 1. The molecule has 1 atom stereocenters. The van der Waals surface area contributed by atoms with Crippen molar-refractivity contribution in [2.24, 2.45) is 20.6 Å². The van der Waals surface area contributed by atoms with Gasteiger partial charge in [-0.3, -0.25) is 9.79 Å². The summed E-state index contributed by atoms with van der Waals surface area (Å²) in [5.41, 5.74) is 1.45. The molecule has 0 saturated heterocycles. The van der Waals surface area contributed by atoms with Gasteiger partial charge in [0.2, 0.25) is 0 Å². The minimum absolute atomic E-state index is 0.358. The fourth-order valence-electron chi connectivity index (χ4n) is 2.08. The van der Waals surface area contributed by atoms with Crippen molar-refractivity contribution in [2.75, 3.05) is 7.11 Å². The molecule has 5 heteroatoms. The Kier molecular flexibility index (Phi) is 1.95. The highest BCUT2D eigenvalue weighted by Gasteiger charge is 2.43. The lowest BCUT2D eigenvalue weighted by Gasteiger charge is -2.29. The molecule has 0 fully saturated rings. The smallest absolute Gasteiger partial charge is 0.325 e. The first kappa shape index (κ1) is 9.89. The summed E-state index contributed by atoms with van der Waals surface area (Å²) < 4.78 is 4.86. The predicted octanol–water partition coefficient (Wildman–Crippen LogP) is 1.05. The Balaban J connectivity index is 2.19. The Morgan fingerprint density at radius 2 is 2.35 bits per heavy atom. The molecule has 3 rings (SSSR count). The molecule has 1 aliphatic carbocycles. The van der Waals surface area contributed by atoms with E-state index in [1.807, 2.05) is 6.08 Å². The third-order valence-corrected chi connectivity index (χ3v) is 2.95. The quantitative estimate of drug-likeness (QED) is 0.628. The van der Waals surface area contributed by atoms with Gasteiger partial charge in [0.1, 0.15) is 5.41 Å². The second kappa shape index (κ2) is 3.35. The number of ether oxygens (including phenoxy) is 1. The lowest BCUT2D eigenvalue weighted by molar-refractivity contribution is -0.144. The minimum atomic E-state index is -0.936. The maximum absolute atomic E-state index is 12.0. The average Bonchev–Trinajstić information content (AvgIpc) is 2.81. The SMILES string of the molecule is COC(=O)C12C=NC=CC1=CC1=NN=CC1=C2. The number of carbonyl (C=O) groups excluding carboxylic acids is 1. The van der Waals surface area contributed by atoms with Crippen molar-refractivity contribution < 1.29 is 9.53 Å². The fraction of sp³-hybridized carbons (Fsp3) is 0.167. The van der Waals surface area contributed by atoms with Crippen molar-refractivity contribution in [3.05, 3.63) is 35.6 Å². The molecule has 0 aromatic rings. The zero-order valence-corrected chi connectivity index (χ0v) is 9.12. The van der Waals surface area contributed by atoms with Gasteiger partial charge in [0, 0.05) is 18.0 Å². The average molecular weight is 227 g/mol. The van der Waals surface area contributed by atoms with Crippen molar-refractivity contribution in [1.29, 1.82) is 0 Å². The number of fused-ring (bicyclic) bond motifs is 2. The molecule has 0 aromatic heterocycles. The lowest BCUT2D eigenvalue weighted by atomic mass is 9.74. The van der Waals surface area contributed by atoms with Crippen LogP contribution in [-0.2, 0) is 9.53 Å². The number of hydrogen-bond donors (Lipinski definition) is 0. The Morgan fingerprint density at radius 3 is 3.18 bits per heavy atom. The van der Waals surface area contributed by atoms with Gasteiger partial charge in [-0.2, -0.15) is 10.2 Å². The van der Waals surface area contributed by atoms with Crippen LogP contribution in [0, 0.1) is 5.41 Å². The molecule has 2 heterocycles. The van der Waals surface area contributed by atoms with E-state index in [2.05, 4.69) is 15.2 Å². The summed E-state index contributed by atoms with van der Waals surface area (Å²) in [6.07, 6.45) is 10.3. The van der Waals surface area contributed by atoms with Crippen LogP contribution in [0.5, 0.6) is 0 Å². The Bertz CT molecular complexity index is 579. The van der Waals surface area contributed by atoms with Crippen molar-refractivity contribution in [3.63, 3.8) is 0 Å². The lowest BCUT2D eigenvalue weighted by Crippen LogP contribution is -2.37. The second-order valence-electron chi connectivity index (χ2n) is 3.88. The van der Waals surface area contributed by atoms with E-state index in [0.29, 0.717) is 0 Å². The molecule has 0 spiro atoms. The molecule has 0 aromatic carbocycles. The highest BCUT2D eigenvalue weighted by Crippen LogP contribution is 2.37. The summed E-state index contributed by atoms with van der Waals surface area (Å²) in [6.45, 7) is 0. The van der Waals surface area contributed by atoms with Crippen molar-refractivity contribution in [1.82, 2.24) is 0 Å². The molecule has 84 valence electrons. The molecule has 0 N–H and O–H groups in total. The Morgan fingerprint density at radius 1 is 1.47 bits per heavy atom. The standard InChI is InChI=1S/C12H9N3O2/c1-17-11(16)12-5-8-6-14-15-10(8)4-9(12)2-3-13-7-12/h2-7H,1H3. The second-order valence-corrected chi connectivity index (χ2v) is 3.88. The van der Waals surface area contributed by atoms with Crippen LogP contribution in [0.15, 0.2) is 50.8 Å². The molecule has 3 aliphatic rings. The van der Waals surface area contributed by atoms with Crippen LogP contribution in [-0.4, -0.2) is 31.2 Å². The van der Waals surface area contributed by atoms with Crippen molar-refractivity contribution >= 4 is 24.1 Å². The first-order valence-corrected chi connectivity index (χ1v) is 5.12. The van der Waals surface area contributed by atoms with E-state index in [1.165, 1.54) is 7.11 Å². The van der Waals surface area contributed by atoms with Crippen LogP contribution in [0.25, 0.3) is 0 Å². The topological polar surface area (TPSA) is 63.4 Å². The minimum Gasteiger partial charge on any atom is -0.468 e. The summed E-state index contributed by atoms with van der Waals surface area (Å²) in [7, 11) is 1.37. The summed E-state index contributed by atoms with van der Waals surface area (Å²) in [5.74, 6) is -0.358.